The molecule has 2 rings (SSSR count). The SMILES string of the molecule is CC1CCN(CC2CCOCO2)CC1N. The molecule has 3 atom stereocenters. The van der Waals surface area contributed by atoms with Crippen molar-refractivity contribution >= 4 is 0 Å². The van der Waals surface area contributed by atoms with Crippen molar-refractivity contribution in [3.05, 3.63) is 0 Å². The molecule has 15 heavy (non-hydrogen) atoms. The Bertz CT molecular complexity index is 195. The van der Waals surface area contributed by atoms with Crippen LogP contribution in [0.4, 0.5) is 0 Å². The van der Waals surface area contributed by atoms with E-state index in [4.69, 9.17) is 15.2 Å². The zero-order valence-corrected chi connectivity index (χ0v) is 9.52. The summed E-state index contributed by atoms with van der Waals surface area (Å²) in [5, 5.41) is 0. The van der Waals surface area contributed by atoms with Crippen molar-refractivity contribution < 1.29 is 9.47 Å². The third-order valence-electron chi connectivity index (χ3n) is 3.53. The molecule has 0 aromatic heterocycles. The van der Waals surface area contributed by atoms with Gasteiger partial charge in [0.25, 0.3) is 0 Å². The first-order valence-electron chi connectivity index (χ1n) is 5.93. The van der Waals surface area contributed by atoms with Crippen LogP contribution in [0, 0.1) is 5.92 Å². The molecule has 3 unspecified atom stereocenters. The van der Waals surface area contributed by atoms with E-state index in [1.165, 1.54) is 6.42 Å². The summed E-state index contributed by atoms with van der Waals surface area (Å²) in [5.74, 6) is 0.664. The number of hydrogen-bond donors (Lipinski definition) is 1. The summed E-state index contributed by atoms with van der Waals surface area (Å²) in [4.78, 5) is 2.43. The number of rotatable bonds is 2. The largest absolute Gasteiger partial charge is 0.355 e. The van der Waals surface area contributed by atoms with E-state index in [0.717, 1.165) is 32.7 Å². The van der Waals surface area contributed by atoms with Crippen LogP contribution >= 0.6 is 0 Å². The van der Waals surface area contributed by atoms with Crippen LogP contribution in [-0.2, 0) is 9.47 Å². The predicted octanol–water partition coefficient (Wildman–Crippen LogP) is 0.419. The number of hydrogen-bond acceptors (Lipinski definition) is 4. The molecule has 0 radical (unpaired) electrons. The molecule has 4 nitrogen and oxygen atoms in total. The Morgan fingerprint density at radius 2 is 2.27 bits per heavy atom. The first-order chi connectivity index (χ1) is 7.25. The first kappa shape index (κ1) is 11.3. The normalized spacial score (nSPS) is 39.2. The van der Waals surface area contributed by atoms with Crippen LogP contribution in [-0.4, -0.2) is 50.1 Å². The summed E-state index contributed by atoms with van der Waals surface area (Å²) in [6.45, 7) is 6.73. The van der Waals surface area contributed by atoms with Gasteiger partial charge in [0, 0.05) is 19.1 Å². The minimum atomic E-state index is 0.332. The van der Waals surface area contributed by atoms with E-state index >= 15 is 0 Å². The fraction of sp³-hybridized carbons (Fsp3) is 1.00. The number of nitrogens with two attached hydrogens (primary N) is 1. The fourth-order valence-corrected chi connectivity index (χ4v) is 2.27. The standard InChI is InChI=1S/C11H22N2O2/c1-9-2-4-13(7-11(9)12)6-10-3-5-14-8-15-10/h9-11H,2-8,12H2,1H3. The van der Waals surface area contributed by atoms with E-state index in [2.05, 4.69) is 11.8 Å². The van der Waals surface area contributed by atoms with E-state index in [0.29, 0.717) is 24.9 Å². The highest BCUT2D eigenvalue weighted by molar-refractivity contribution is 4.82. The molecular formula is C11H22N2O2. The van der Waals surface area contributed by atoms with E-state index in [1.807, 2.05) is 0 Å². The van der Waals surface area contributed by atoms with Gasteiger partial charge >= 0.3 is 0 Å². The van der Waals surface area contributed by atoms with Crippen LogP contribution in [0.1, 0.15) is 19.8 Å². The van der Waals surface area contributed by atoms with Gasteiger partial charge in [-0.2, -0.15) is 0 Å². The molecule has 88 valence electrons. The van der Waals surface area contributed by atoms with E-state index in [9.17, 15) is 0 Å². The summed E-state index contributed by atoms with van der Waals surface area (Å²) >= 11 is 0. The lowest BCUT2D eigenvalue weighted by Gasteiger charge is -2.37. The maximum absolute atomic E-state index is 6.07. The van der Waals surface area contributed by atoms with Crippen molar-refractivity contribution in [1.29, 1.82) is 0 Å². The number of nitrogens with zero attached hydrogens (tertiary/aromatic N) is 1. The number of ether oxygens (including phenoxy) is 2. The summed E-state index contributed by atoms with van der Waals surface area (Å²) < 4.78 is 10.7. The van der Waals surface area contributed by atoms with E-state index in [-0.39, 0.29) is 0 Å². The van der Waals surface area contributed by atoms with Crippen molar-refractivity contribution in [2.75, 3.05) is 33.0 Å². The predicted molar refractivity (Wildman–Crippen MR) is 58.5 cm³/mol. The van der Waals surface area contributed by atoms with Gasteiger partial charge in [-0.05, 0) is 25.3 Å². The van der Waals surface area contributed by atoms with Gasteiger partial charge in [-0.3, -0.25) is 4.90 Å². The van der Waals surface area contributed by atoms with E-state index < -0.39 is 0 Å². The van der Waals surface area contributed by atoms with Crippen LogP contribution in [0.5, 0.6) is 0 Å². The fourth-order valence-electron chi connectivity index (χ4n) is 2.27. The van der Waals surface area contributed by atoms with Crippen molar-refractivity contribution in [1.82, 2.24) is 4.90 Å². The van der Waals surface area contributed by atoms with Gasteiger partial charge in [0.05, 0.1) is 12.7 Å². The van der Waals surface area contributed by atoms with Crippen molar-refractivity contribution in [2.24, 2.45) is 11.7 Å². The van der Waals surface area contributed by atoms with Crippen LogP contribution in [0.15, 0.2) is 0 Å². The molecule has 0 bridgehead atoms. The molecule has 0 amide bonds. The van der Waals surface area contributed by atoms with Gasteiger partial charge in [0.1, 0.15) is 6.79 Å². The van der Waals surface area contributed by atoms with Gasteiger partial charge in [-0.15, -0.1) is 0 Å². The van der Waals surface area contributed by atoms with Gasteiger partial charge < -0.3 is 15.2 Å². The van der Waals surface area contributed by atoms with Gasteiger partial charge in [0.15, 0.2) is 0 Å². The quantitative estimate of drug-likeness (QED) is 0.723. The molecule has 2 fully saturated rings. The molecule has 0 aromatic carbocycles. The van der Waals surface area contributed by atoms with Gasteiger partial charge in [0.2, 0.25) is 0 Å². The molecule has 0 aromatic rings. The Morgan fingerprint density at radius 1 is 1.40 bits per heavy atom. The molecule has 2 aliphatic heterocycles. The zero-order valence-electron chi connectivity index (χ0n) is 9.52. The first-order valence-corrected chi connectivity index (χ1v) is 5.93. The average Bonchev–Trinajstić information content (AvgIpc) is 2.25. The maximum atomic E-state index is 6.07. The lowest BCUT2D eigenvalue weighted by atomic mass is 9.94. The zero-order chi connectivity index (χ0) is 10.7. The third kappa shape index (κ3) is 3.14. The van der Waals surface area contributed by atoms with E-state index in [1.54, 1.807) is 0 Å². The molecule has 0 spiro atoms. The van der Waals surface area contributed by atoms with Crippen LogP contribution in [0.3, 0.4) is 0 Å². The Kier molecular flexibility index (Phi) is 3.97. The highest BCUT2D eigenvalue weighted by Crippen LogP contribution is 2.17. The van der Waals surface area contributed by atoms with Crippen molar-refractivity contribution in [2.45, 2.75) is 31.9 Å². The van der Waals surface area contributed by atoms with Crippen molar-refractivity contribution in [3.63, 3.8) is 0 Å². The van der Waals surface area contributed by atoms with Crippen LogP contribution in [0.25, 0.3) is 0 Å². The average molecular weight is 214 g/mol. The topological polar surface area (TPSA) is 47.7 Å². The Labute approximate surface area is 91.7 Å². The lowest BCUT2D eigenvalue weighted by molar-refractivity contribution is -0.145. The maximum Gasteiger partial charge on any atom is 0.147 e. The molecule has 0 aliphatic carbocycles. The monoisotopic (exact) mass is 214 g/mol. The lowest BCUT2D eigenvalue weighted by Crippen LogP contribution is -2.50. The molecule has 4 heteroatoms. The van der Waals surface area contributed by atoms with Crippen LogP contribution < -0.4 is 5.73 Å². The highest BCUT2D eigenvalue weighted by atomic mass is 16.7. The highest BCUT2D eigenvalue weighted by Gasteiger charge is 2.25. The van der Waals surface area contributed by atoms with Crippen LogP contribution in [0.2, 0.25) is 0 Å². The summed E-state index contributed by atoms with van der Waals surface area (Å²) in [6, 6.07) is 0.332. The van der Waals surface area contributed by atoms with Gasteiger partial charge in [-0.1, -0.05) is 6.92 Å². The van der Waals surface area contributed by atoms with Crippen molar-refractivity contribution in [3.8, 4) is 0 Å². The third-order valence-corrected chi connectivity index (χ3v) is 3.53. The number of piperidine rings is 1. The minimum absolute atomic E-state index is 0.332. The molecule has 0 saturated carbocycles. The molecular weight excluding hydrogens is 192 g/mol. The van der Waals surface area contributed by atoms with Gasteiger partial charge in [-0.25, -0.2) is 0 Å². The Balaban J connectivity index is 1.74. The summed E-state index contributed by atoms with van der Waals surface area (Å²) in [7, 11) is 0. The Morgan fingerprint density at radius 3 is 2.93 bits per heavy atom. The minimum Gasteiger partial charge on any atom is -0.355 e. The second-order valence-corrected chi connectivity index (χ2v) is 4.79. The second-order valence-electron chi connectivity index (χ2n) is 4.79. The smallest absolute Gasteiger partial charge is 0.147 e. The molecule has 2 saturated heterocycles. The second kappa shape index (κ2) is 5.25. The Hall–Kier alpha value is -0.160. The molecule has 2 heterocycles. The number of likely N-dealkylation sites (tertiary alicyclic amines) is 1. The summed E-state index contributed by atoms with van der Waals surface area (Å²) in [5.41, 5.74) is 6.07. The molecule has 2 aliphatic rings. The molecule has 2 N–H and O–H groups in total. The summed E-state index contributed by atoms with van der Waals surface area (Å²) in [6.07, 6.45) is 2.57.